The van der Waals surface area contributed by atoms with Gasteiger partial charge in [0.2, 0.25) is 5.91 Å². The lowest BCUT2D eigenvalue weighted by Crippen LogP contribution is -2.36. The minimum absolute atomic E-state index is 0.0196. The van der Waals surface area contributed by atoms with Gasteiger partial charge in [-0.3, -0.25) is 4.79 Å². The van der Waals surface area contributed by atoms with Crippen LogP contribution in [0.25, 0.3) is 0 Å². The number of hydrogen-bond donors (Lipinski definition) is 2. The summed E-state index contributed by atoms with van der Waals surface area (Å²) in [6, 6.07) is 5.57. The van der Waals surface area contributed by atoms with Crippen molar-refractivity contribution in [3.05, 3.63) is 18.2 Å². The molecular formula is C14H23N3O2. The van der Waals surface area contributed by atoms with Gasteiger partial charge in [0.15, 0.2) is 0 Å². The number of likely N-dealkylation sites (N-methyl/N-ethyl adjacent to an activating group) is 1. The normalized spacial score (nSPS) is 10.1. The fraction of sp³-hybridized carbons (Fsp3) is 0.500. The summed E-state index contributed by atoms with van der Waals surface area (Å²) >= 11 is 0. The Morgan fingerprint density at radius 1 is 1.37 bits per heavy atom. The van der Waals surface area contributed by atoms with Crippen LogP contribution < -0.4 is 20.7 Å². The zero-order valence-corrected chi connectivity index (χ0v) is 11.9. The fourth-order valence-corrected chi connectivity index (χ4v) is 1.86. The number of carbonyl (C=O) groups is 1. The average Bonchev–Trinajstić information content (AvgIpc) is 2.37. The lowest BCUT2D eigenvalue weighted by Gasteiger charge is -2.24. The molecule has 0 bridgehead atoms. The van der Waals surface area contributed by atoms with Gasteiger partial charge in [-0.1, -0.05) is 6.92 Å². The molecule has 5 heteroatoms. The second-order valence-electron chi connectivity index (χ2n) is 4.29. The molecule has 19 heavy (non-hydrogen) atoms. The van der Waals surface area contributed by atoms with E-state index >= 15 is 0 Å². The van der Waals surface area contributed by atoms with Gasteiger partial charge in [-0.2, -0.15) is 0 Å². The molecular weight excluding hydrogens is 242 g/mol. The van der Waals surface area contributed by atoms with E-state index in [2.05, 4.69) is 12.2 Å². The number of anilines is 2. The van der Waals surface area contributed by atoms with Gasteiger partial charge in [-0.05, 0) is 19.4 Å². The largest absolute Gasteiger partial charge is 0.494 e. The zero-order valence-electron chi connectivity index (χ0n) is 11.9. The number of hydrogen-bond acceptors (Lipinski definition) is 4. The van der Waals surface area contributed by atoms with Crippen molar-refractivity contribution in [2.45, 2.75) is 20.3 Å². The van der Waals surface area contributed by atoms with Gasteiger partial charge in [0.05, 0.1) is 13.2 Å². The SMILES string of the molecule is CCCN(CC(=O)NC)c1cc(N)cc(OCC)c1. The first-order chi connectivity index (χ1) is 9.10. The summed E-state index contributed by atoms with van der Waals surface area (Å²) in [5.74, 6) is 0.712. The number of nitrogen functional groups attached to an aromatic ring is 1. The first kappa shape index (κ1) is 15.1. The van der Waals surface area contributed by atoms with Crippen LogP contribution in [0.1, 0.15) is 20.3 Å². The molecule has 0 aliphatic carbocycles. The molecule has 1 aromatic rings. The second kappa shape index (κ2) is 7.51. The molecule has 0 atom stereocenters. The lowest BCUT2D eigenvalue weighted by molar-refractivity contribution is -0.119. The monoisotopic (exact) mass is 265 g/mol. The van der Waals surface area contributed by atoms with Crippen molar-refractivity contribution in [3.63, 3.8) is 0 Å². The molecule has 1 rings (SSSR count). The van der Waals surface area contributed by atoms with E-state index in [-0.39, 0.29) is 5.91 Å². The highest BCUT2D eigenvalue weighted by molar-refractivity contribution is 5.81. The molecule has 3 N–H and O–H groups in total. The Labute approximate surface area is 114 Å². The van der Waals surface area contributed by atoms with E-state index in [1.54, 1.807) is 13.1 Å². The number of rotatable bonds is 7. The number of amides is 1. The molecule has 0 aliphatic heterocycles. The number of benzene rings is 1. The molecule has 0 saturated heterocycles. The average molecular weight is 265 g/mol. The number of nitrogens with zero attached hydrogens (tertiary/aromatic N) is 1. The number of ether oxygens (including phenoxy) is 1. The Hall–Kier alpha value is -1.91. The van der Waals surface area contributed by atoms with Gasteiger partial charge >= 0.3 is 0 Å². The predicted octanol–water partition coefficient (Wildman–Crippen LogP) is 1.63. The molecule has 1 aromatic carbocycles. The van der Waals surface area contributed by atoms with Gasteiger partial charge in [0.25, 0.3) is 0 Å². The molecule has 0 aromatic heterocycles. The fourth-order valence-electron chi connectivity index (χ4n) is 1.86. The maximum absolute atomic E-state index is 11.6. The Balaban J connectivity index is 2.96. The summed E-state index contributed by atoms with van der Waals surface area (Å²) in [4.78, 5) is 13.5. The first-order valence-corrected chi connectivity index (χ1v) is 6.59. The Bertz CT molecular complexity index is 421. The van der Waals surface area contributed by atoms with Crippen LogP contribution >= 0.6 is 0 Å². The lowest BCUT2D eigenvalue weighted by atomic mass is 10.2. The molecule has 5 nitrogen and oxygen atoms in total. The smallest absolute Gasteiger partial charge is 0.239 e. The maximum atomic E-state index is 11.6. The van der Waals surface area contributed by atoms with E-state index in [4.69, 9.17) is 10.5 Å². The second-order valence-corrected chi connectivity index (χ2v) is 4.29. The predicted molar refractivity (Wildman–Crippen MR) is 78.6 cm³/mol. The van der Waals surface area contributed by atoms with Crippen LogP contribution in [0.4, 0.5) is 11.4 Å². The molecule has 0 fully saturated rings. The summed E-state index contributed by atoms with van der Waals surface area (Å²) < 4.78 is 5.48. The highest BCUT2D eigenvalue weighted by Crippen LogP contribution is 2.25. The first-order valence-electron chi connectivity index (χ1n) is 6.59. The van der Waals surface area contributed by atoms with Crippen molar-refractivity contribution in [1.82, 2.24) is 5.32 Å². The van der Waals surface area contributed by atoms with Crippen molar-refractivity contribution in [2.24, 2.45) is 0 Å². The van der Waals surface area contributed by atoms with E-state index < -0.39 is 0 Å². The molecule has 0 unspecified atom stereocenters. The van der Waals surface area contributed by atoms with Crippen molar-refractivity contribution >= 4 is 17.3 Å². The minimum atomic E-state index is -0.0196. The molecule has 0 saturated carbocycles. The van der Waals surface area contributed by atoms with Crippen LogP contribution in [0.2, 0.25) is 0 Å². The van der Waals surface area contributed by atoms with Gasteiger partial charge in [-0.15, -0.1) is 0 Å². The van der Waals surface area contributed by atoms with Crippen LogP contribution in [0.5, 0.6) is 5.75 Å². The Morgan fingerprint density at radius 2 is 2.11 bits per heavy atom. The van der Waals surface area contributed by atoms with E-state index in [1.165, 1.54) is 0 Å². The number of carbonyl (C=O) groups excluding carboxylic acids is 1. The summed E-state index contributed by atoms with van der Waals surface area (Å²) in [7, 11) is 1.64. The topological polar surface area (TPSA) is 67.6 Å². The van der Waals surface area contributed by atoms with Crippen molar-refractivity contribution in [1.29, 1.82) is 0 Å². The van der Waals surface area contributed by atoms with Crippen molar-refractivity contribution in [2.75, 3.05) is 37.4 Å². The molecule has 1 amide bonds. The van der Waals surface area contributed by atoms with Gasteiger partial charge < -0.3 is 20.7 Å². The summed E-state index contributed by atoms with van der Waals surface area (Å²) in [6.45, 7) is 5.71. The molecule has 0 radical (unpaired) electrons. The number of nitrogens with one attached hydrogen (secondary N) is 1. The third-order valence-corrected chi connectivity index (χ3v) is 2.70. The minimum Gasteiger partial charge on any atom is -0.494 e. The molecule has 0 spiro atoms. The standard InChI is InChI=1S/C14H23N3O2/c1-4-6-17(10-14(18)16-3)12-7-11(15)8-13(9-12)19-5-2/h7-9H,4-6,10,15H2,1-3H3,(H,16,18). The Kier molecular flexibility index (Phi) is 5.99. The third-order valence-electron chi connectivity index (χ3n) is 2.70. The summed E-state index contributed by atoms with van der Waals surface area (Å²) in [6.07, 6.45) is 0.954. The quantitative estimate of drug-likeness (QED) is 0.735. The van der Waals surface area contributed by atoms with Crippen molar-refractivity contribution in [3.8, 4) is 5.75 Å². The van der Waals surface area contributed by atoms with Crippen LogP contribution in [-0.4, -0.2) is 32.7 Å². The Morgan fingerprint density at radius 3 is 2.68 bits per heavy atom. The van der Waals surface area contributed by atoms with E-state index in [0.717, 1.165) is 24.4 Å². The van der Waals surface area contributed by atoms with Gasteiger partial charge in [-0.25, -0.2) is 0 Å². The maximum Gasteiger partial charge on any atom is 0.239 e. The highest BCUT2D eigenvalue weighted by atomic mass is 16.5. The van der Waals surface area contributed by atoms with E-state index in [1.807, 2.05) is 24.0 Å². The van der Waals surface area contributed by atoms with E-state index in [0.29, 0.717) is 18.8 Å². The molecule has 0 heterocycles. The third kappa shape index (κ3) is 4.69. The van der Waals surface area contributed by atoms with Crippen LogP contribution in [0.3, 0.4) is 0 Å². The highest BCUT2D eigenvalue weighted by Gasteiger charge is 2.11. The number of nitrogens with two attached hydrogens (primary N) is 1. The van der Waals surface area contributed by atoms with E-state index in [9.17, 15) is 4.79 Å². The van der Waals surface area contributed by atoms with Gasteiger partial charge in [0.1, 0.15) is 5.75 Å². The summed E-state index contributed by atoms with van der Waals surface area (Å²) in [5.41, 5.74) is 7.43. The van der Waals surface area contributed by atoms with Crippen molar-refractivity contribution < 1.29 is 9.53 Å². The zero-order chi connectivity index (χ0) is 14.3. The van der Waals surface area contributed by atoms with Crippen LogP contribution in [-0.2, 0) is 4.79 Å². The van der Waals surface area contributed by atoms with Gasteiger partial charge in [0, 0.05) is 37.1 Å². The van der Waals surface area contributed by atoms with Crippen LogP contribution in [0, 0.1) is 0 Å². The van der Waals surface area contributed by atoms with Crippen LogP contribution in [0.15, 0.2) is 18.2 Å². The molecule has 0 aliphatic rings. The molecule has 106 valence electrons. The summed E-state index contributed by atoms with van der Waals surface area (Å²) in [5, 5.41) is 2.63.